The van der Waals surface area contributed by atoms with E-state index >= 15 is 0 Å². The Morgan fingerprint density at radius 3 is 2.50 bits per heavy atom. The first kappa shape index (κ1) is 19.5. The quantitative estimate of drug-likeness (QED) is 0.797. The fourth-order valence-electron chi connectivity index (χ4n) is 3.30. The summed E-state index contributed by atoms with van der Waals surface area (Å²) in [6, 6.07) is 4.60. The molecular formula is C18H23F3N2O2S. The van der Waals surface area contributed by atoms with Crippen molar-refractivity contribution < 1.29 is 22.7 Å². The van der Waals surface area contributed by atoms with Gasteiger partial charge in [-0.15, -0.1) is 0 Å². The molecular weight excluding hydrogens is 365 g/mol. The van der Waals surface area contributed by atoms with Crippen molar-refractivity contribution in [3.63, 3.8) is 0 Å². The van der Waals surface area contributed by atoms with Crippen molar-refractivity contribution in [1.82, 2.24) is 9.80 Å². The molecule has 2 aliphatic rings. The van der Waals surface area contributed by atoms with Gasteiger partial charge in [-0.2, -0.15) is 24.9 Å². The van der Waals surface area contributed by atoms with E-state index in [1.54, 1.807) is 0 Å². The molecule has 0 saturated carbocycles. The van der Waals surface area contributed by atoms with Crippen LogP contribution in [0.5, 0.6) is 0 Å². The first-order valence-electron chi connectivity index (χ1n) is 8.81. The maximum Gasteiger partial charge on any atom is 0.416 e. The molecule has 0 aliphatic carbocycles. The van der Waals surface area contributed by atoms with Crippen LogP contribution in [0, 0.1) is 0 Å². The Morgan fingerprint density at radius 1 is 1.15 bits per heavy atom. The highest BCUT2D eigenvalue weighted by atomic mass is 32.2. The molecule has 144 valence electrons. The zero-order valence-electron chi connectivity index (χ0n) is 14.5. The largest absolute Gasteiger partial charge is 0.416 e. The molecule has 0 N–H and O–H groups in total. The van der Waals surface area contributed by atoms with Gasteiger partial charge in [0.2, 0.25) is 0 Å². The van der Waals surface area contributed by atoms with E-state index in [4.69, 9.17) is 4.74 Å². The summed E-state index contributed by atoms with van der Waals surface area (Å²) in [7, 11) is 0. The first-order valence-corrected chi connectivity index (χ1v) is 9.97. The molecule has 0 radical (unpaired) electrons. The third-order valence-corrected chi connectivity index (χ3v) is 5.93. The normalized spacial score (nSPS) is 22.9. The van der Waals surface area contributed by atoms with Gasteiger partial charge in [0.15, 0.2) is 0 Å². The van der Waals surface area contributed by atoms with Gasteiger partial charge in [-0.25, -0.2) is 0 Å². The molecule has 1 aromatic carbocycles. The number of thioether (sulfide) groups is 1. The van der Waals surface area contributed by atoms with Gasteiger partial charge in [0, 0.05) is 37.5 Å². The maximum atomic E-state index is 13.0. The average molecular weight is 388 g/mol. The molecule has 3 rings (SSSR count). The predicted octanol–water partition coefficient (Wildman–Crippen LogP) is 2.99. The standard InChI is InChI=1S/C18H23F3N2O2S/c19-18(20,21)15-4-2-14(3-5-15)17(24)23-6-1-11-26-13-16(23)12-22-7-9-25-10-8-22/h2-5,16H,1,6-13H2/t16-/m1/s1. The minimum Gasteiger partial charge on any atom is -0.379 e. The molecule has 4 nitrogen and oxygen atoms in total. The van der Waals surface area contributed by atoms with E-state index in [0.717, 1.165) is 49.7 Å². The predicted molar refractivity (Wildman–Crippen MR) is 95.5 cm³/mol. The number of benzene rings is 1. The van der Waals surface area contributed by atoms with Gasteiger partial charge in [0.05, 0.1) is 24.8 Å². The smallest absolute Gasteiger partial charge is 0.379 e. The van der Waals surface area contributed by atoms with Gasteiger partial charge < -0.3 is 9.64 Å². The monoisotopic (exact) mass is 388 g/mol. The lowest BCUT2D eigenvalue weighted by atomic mass is 10.1. The first-order chi connectivity index (χ1) is 12.4. The molecule has 2 aliphatic heterocycles. The molecule has 0 spiro atoms. The van der Waals surface area contributed by atoms with Crippen LogP contribution in [0.4, 0.5) is 13.2 Å². The number of rotatable bonds is 3. The van der Waals surface area contributed by atoms with Gasteiger partial charge in [0.25, 0.3) is 5.91 Å². The van der Waals surface area contributed by atoms with Crippen LogP contribution in [-0.2, 0) is 10.9 Å². The molecule has 2 heterocycles. The van der Waals surface area contributed by atoms with Crippen LogP contribution in [0.2, 0.25) is 0 Å². The second-order valence-electron chi connectivity index (χ2n) is 6.57. The highest BCUT2D eigenvalue weighted by molar-refractivity contribution is 7.99. The summed E-state index contributed by atoms with van der Waals surface area (Å²) in [6.07, 6.45) is -3.49. The number of alkyl halides is 3. The topological polar surface area (TPSA) is 32.8 Å². The van der Waals surface area contributed by atoms with Crippen LogP contribution in [0.3, 0.4) is 0 Å². The summed E-state index contributed by atoms with van der Waals surface area (Å²) in [5.74, 6) is 1.67. The summed E-state index contributed by atoms with van der Waals surface area (Å²) >= 11 is 1.83. The Balaban J connectivity index is 1.73. The van der Waals surface area contributed by atoms with E-state index < -0.39 is 11.7 Å². The van der Waals surface area contributed by atoms with Crippen molar-refractivity contribution in [3.05, 3.63) is 35.4 Å². The molecule has 26 heavy (non-hydrogen) atoms. The molecule has 1 atom stereocenters. The minimum absolute atomic E-state index is 0.0652. The van der Waals surface area contributed by atoms with Gasteiger partial charge >= 0.3 is 6.18 Å². The highest BCUT2D eigenvalue weighted by Gasteiger charge is 2.32. The Bertz CT molecular complexity index is 603. The zero-order valence-corrected chi connectivity index (χ0v) is 15.3. The molecule has 2 fully saturated rings. The SMILES string of the molecule is O=C(c1ccc(C(F)(F)F)cc1)N1CCCSC[C@H]1CN1CCOCC1. The molecule has 0 bridgehead atoms. The van der Waals surface area contributed by atoms with Crippen LogP contribution in [0.25, 0.3) is 0 Å². The third-order valence-electron chi connectivity index (χ3n) is 4.73. The second kappa shape index (κ2) is 8.63. The molecule has 1 amide bonds. The van der Waals surface area contributed by atoms with E-state index in [0.29, 0.717) is 25.3 Å². The molecule has 2 saturated heterocycles. The van der Waals surface area contributed by atoms with E-state index in [2.05, 4.69) is 4.90 Å². The summed E-state index contributed by atoms with van der Waals surface area (Å²) in [6.45, 7) is 4.52. The molecule has 1 aromatic rings. The Hall–Kier alpha value is -1.25. The average Bonchev–Trinajstić information content (AvgIpc) is 2.87. The van der Waals surface area contributed by atoms with Crippen LogP contribution in [-0.4, -0.2) is 72.6 Å². The Kier molecular flexibility index (Phi) is 6.47. The number of carbonyl (C=O) groups is 1. The maximum absolute atomic E-state index is 13.0. The fourth-order valence-corrected chi connectivity index (χ4v) is 4.35. The molecule has 0 aromatic heterocycles. The van der Waals surface area contributed by atoms with Crippen LogP contribution in [0.1, 0.15) is 22.3 Å². The molecule has 0 unspecified atom stereocenters. The van der Waals surface area contributed by atoms with Crippen molar-refractivity contribution >= 4 is 17.7 Å². The van der Waals surface area contributed by atoms with E-state index in [1.165, 1.54) is 12.1 Å². The lowest BCUT2D eigenvalue weighted by Crippen LogP contribution is -2.50. The number of amides is 1. The van der Waals surface area contributed by atoms with E-state index in [-0.39, 0.29) is 11.9 Å². The fraction of sp³-hybridized carbons (Fsp3) is 0.611. The van der Waals surface area contributed by atoms with Crippen LogP contribution < -0.4 is 0 Å². The number of hydrogen-bond acceptors (Lipinski definition) is 4. The van der Waals surface area contributed by atoms with Gasteiger partial charge in [-0.3, -0.25) is 9.69 Å². The zero-order chi connectivity index (χ0) is 18.6. The second-order valence-corrected chi connectivity index (χ2v) is 7.72. The minimum atomic E-state index is -4.39. The van der Waals surface area contributed by atoms with Gasteiger partial charge in [-0.1, -0.05) is 0 Å². The summed E-state index contributed by atoms with van der Waals surface area (Å²) < 4.78 is 43.6. The van der Waals surface area contributed by atoms with Crippen molar-refractivity contribution in [2.24, 2.45) is 0 Å². The highest BCUT2D eigenvalue weighted by Crippen LogP contribution is 2.29. The number of carbonyl (C=O) groups excluding carboxylic acids is 1. The summed E-state index contributed by atoms with van der Waals surface area (Å²) in [5, 5.41) is 0. The summed E-state index contributed by atoms with van der Waals surface area (Å²) in [5.41, 5.74) is -0.415. The number of hydrogen-bond donors (Lipinski definition) is 0. The number of morpholine rings is 1. The van der Waals surface area contributed by atoms with E-state index in [9.17, 15) is 18.0 Å². The number of halogens is 3. The lowest BCUT2D eigenvalue weighted by molar-refractivity contribution is -0.137. The molecule has 8 heteroatoms. The third kappa shape index (κ3) is 4.92. The van der Waals surface area contributed by atoms with Crippen molar-refractivity contribution in [3.8, 4) is 0 Å². The van der Waals surface area contributed by atoms with Crippen molar-refractivity contribution in [2.45, 2.75) is 18.6 Å². The van der Waals surface area contributed by atoms with Crippen molar-refractivity contribution in [2.75, 3.05) is 50.9 Å². The lowest BCUT2D eigenvalue weighted by Gasteiger charge is -2.35. The van der Waals surface area contributed by atoms with E-state index in [1.807, 2.05) is 16.7 Å². The van der Waals surface area contributed by atoms with Gasteiger partial charge in [-0.05, 0) is 36.4 Å². The Labute approximate surface area is 155 Å². The van der Waals surface area contributed by atoms with Gasteiger partial charge in [0.1, 0.15) is 0 Å². The van der Waals surface area contributed by atoms with Crippen LogP contribution >= 0.6 is 11.8 Å². The number of nitrogens with zero attached hydrogens (tertiary/aromatic N) is 2. The van der Waals surface area contributed by atoms with Crippen LogP contribution in [0.15, 0.2) is 24.3 Å². The Morgan fingerprint density at radius 2 is 1.85 bits per heavy atom. The van der Waals surface area contributed by atoms with Crippen molar-refractivity contribution in [1.29, 1.82) is 0 Å². The summed E-state index contributed by atoms with van der Waals surface area (Å²) in [4.78, 5) is 17.1. The number of ether oxygens (including phenoxy) is 1.